The summed E-state index contributed by atoms with van der Waals surface area (Å²) in [6.07, 6.45) is 0. The Morgan fingerprint density at radius 3 is 2.21 bits per heavy atom. The van der Waals surface area contributed by atoms with Gasteiger partial charge in [0.1, 0.15) is 5.75 Å². The minimum absolute atomic E-state index is 0.308. The lowest BCUT2D eigenvalue weighted by Gasteiger charge is -2.11. The molecule has 0 unspecified atom stereocenters. The van der Waals surface area contributed by atoms with Crippen LogP contribution < -0.4 is 21.1 Å². The van der Waals surface area contributed by atoms with E-state index in [4.69, 9.17) is 10.5 Å². The minimum Gasteiger partial charge on any atom is -0.492 e. The van der Waals surface area contributed by atoms with Crippen LogP contribution in [0.2, 0.25) is 0 Å². The van der Waals surface area contributed by atoms with Crippen LogP contribution >= 0.6 is 0 Å². The first kappa shape index (κ1) is 17.0. The summed E-state index contributed by atoms with van der Waals surface area (Å²) in [6, 6.07) is 12.7. The number of ether oxygens (including phenoxy) is 1. The van der Waals surface area contributed by atoms with Crippen LogP contribution in [0.15, 0.2) is 48.5 Å². The van der Waals surface area contributed by atoms with Crippen LogP contribution in [-0.4, -0.2) is 24.3 Å². The normalized spacial score (nSPS) is 9.88. The molecule has 7 heteroatoms. The van der Waals surface area contributed by atoms with Crippen molar-refractivity contribution in [1.82, 2.24) is 0 Å². The van der Waals surface area contributed by atoms with Crippen LogP contribution in [0.1, 0.15) is 17.3 Å². The first-order chi connectivity index (χ1) is 11.5. The van der Waals surface area contributed by atoms with E-state index in [9.17, 15) is 14.4 Å². The zero-order valence-electron chi connectivity index (χ0n) is 13.0. The quantitative estimate of drug-likeness (QED) is 0.727. The average molecular weight is 327 g/mol. The number of nitrogens with two attached hydrogens (primary N) is 1. The monoisotopic (exact) mass is 327 g/mol. The standard InChI is InChI=1S/C17H17N3O4/c1-2-24-14-6-4-3-5-13(14)20-17(23)16(22)19-12-9-7-11(8-10-12)15(18)21/h3-10H,2H2,1H3,(H2,18,21)(H,19,22)(H,20,23). The van der Waals surface area contributed by atoms with Crippen molar-refractivity contribution in [3.05, 3.63) is 54.1 Å². The highest BCUT2D eigenvalue weighted by Crippen LogP contribution is 2.23. The summed E-state index contributed by atoms with van der Waals surface area (Å²) in [7, 11) is 0. The summed E-state index contributed by atoms with van der Waals surface area (Å²) in [5.41, 5.74) is 6.22. The van der Waals surface area contributed by atoms with Gasteiger partial charge in [-0.05, 0) is 43.3 Å². The molecule has 0 saturated heterocycles. The number of anilines is 2. The number of nitrogens with one attached hydrogen (secondary N) is 2. The summed E-state index contributed by atoms with van der Waals surface area (Å²) in [6.45, 7) is 2.26. The van der Waals surface area contributed by atoms with Gasteiger partial charge in [-0.1, -0.05) is 12.1 Å². The van der Waals surface area contributed by atoms with Crippen LogP contribution in [-0.2, 0) is 9.59 Å². The fourth-order valence-electron chi connectivity index (χ4n) is 1.94. The van der Waals surface area contributed by atoms with Crippen LogP contribution in [0.4, 0.5) is 11.4 Å². The Balaban J connectivity index is 2.02. The highest BCUT2D eigenvalue weighted by atomic mass is 16.5. The number of carbonyl (C=O) groups is 3. The van der Waals surface area contributed by atoms with Gasteiger partial charge in [-0.2, -0.15) is 0 Å². The number of rotatable bonds is 5. The molecule has 2 aromatic carbocycles. The average Bonchev–Trinajstić information content (AvgIpc) is 2.57. The molecule has 0 radical (unpaired) electrons. The fourth-order valence-corrected chi connectivity index (χ4v) is 1.94. The summed E-state index contributed by atoms with van der Waals surface area (Å²) in [5.74, 6) is -1.76. The molecular formula is C17H17N3O4. The second-order valence-corrected chi connectivity index (χ2v) is 4.78. The molecule has 7 nitrogen and oxygen atoms in total. The van der Waals surface area contributed by atoms with Crippen LogP contribution in [0.25, 0.3) is 0 Å². The summed E-state index contributed by atoms with van der Waals surface area (Å²) in [5, 5.41) is 4.93. The van der Waals surface area contributed by atoms with E-state index in [0.29, 0.717) is 29.3 Å². The first-order valence-corrected chi connectivity index (χ1v) is 7.25. The van der Waals surface area contributed by atoms with Gasteiger partial charge in [0.2, 0.25) is 5.91 Å². The molecule has 24 heavy (non-hydrogen) atoms. The lowest BCUT2D eigenvalue weighted by molar-refractivity contribution is -0.133. The Hall–Kier alpha value is -3.35. The first-order valence-electron chi connectivity index (χ1n) is 7.25. The fraction of sp³-hybridized carbons (Fsp3) is 0.118. The van der Waals surface area contributed by atoms with Crippen molar-refractivity contribution >= 4 is 29.1 Å². The number of para-hydroxylation sites is 2. The number of carbonyl (C=O) groups excluding carboxylic acids is 3. The SMILES string of the molecule is CCOc1ccccc1NC(=O)C(=O)Nc1ccc(C(N)=O)cc1. The van der Waals surface area contributed by atoms with Gasteiger partial charge in [-0.25, -0.2) is 0 Å². The molecule has 124 valence electrons. The molecule has 0 heterocycles. The van der Waals surface area contributed by atoms with Gasteiger partial charge in [0, 0.05) is 11.3 Å². The molecular weight excluding hydrogens is 310 g/mol. The topological polar surface area (TPSA) is 111 Å². The maximum Gasteiger partial charge on any atom is 0.314 e. The Labute approximate surface area is 138 Å². The summed E-state index contributed by atoms with van der Waals surface area (Å²) in [4.78, 5) is 34.9. The van der Waals surface area contributed by atoms with Crippen molar-refractivity contribution in [3.63, 3.8) is 0 Å². The molecule has 0 aliphatic heterocycles. The molecule has 0 fully saturated rings. The maximum atomic E-state index is 12.0. The van der Waals surface area contributed by atoms with Crippen molar-refractivity contribution in [2.24, 2.45) is 5.73 Å². The van der Waals surface area contributed by atoms with Gasteiger partial charge < -0.3 is 21.1 Å². The van der Waals surface area contributed by atoms with Gasteiger partial charge in [0.15, 0.2) is 0 Å². The molecule has 3 amide bonds. The summed E-state index contributed by atoms with van der Waals surface area (Å²) >= 11 is 0. The van der Waals surface area contributed by atoms with Crippen LogP contribution in [0, 0.1) is 0 Å². The lowest BCUT2D eigenvalue weighted by Crippen LogP contribution is -2.29. The molecule has 0 atom stereocenters. The Bertz CT molecular complexity index is 757. The Morgan fingerprint density at radius 1 is 0.958 bits per heavy atom. The van der Waals surface area contributed by atoms with Crippen molar-refractivity contribution in [1.29, 1.82) is 0 Å². The van der Waals surface area contributed by atoms with E-state index < -0.39 is 17.7 Å². The molecule has 0 aliphatic rings. The van der Waals surface area contributed by atoms with Crippen molar-refractivity contribution < 1.29 is 19.1 Å². The van der Waals surface area contributed by atoms with E-state index in [0.717, 1.165) is 0 Å². The van der Waals surface area contributed by atoms with E-state index in [-0.39, 0.29) is 0 Å². The molecule has 0 bridgehead atoms. The van der Waals surface area contributed by atoms with E-state index in [1.807, 2.05) is 6.92 Å². The van der Waals surface area contributed by atoms with Gasteiger partial charge in [0.25, 0.3) is 0 Å². The van der Waals surface area contributed by atoms with E-state index in [1.54, 1.807) is 24.3 Å². The summed E-state index contributed by atoms with van der Waals surface area (Å²) < 4.78 is 5.38. The minimum atomic E-state index is -0.840. The molecule has 0 aromatic heterocycles. The zero-order valence-corrected chi connectivity index (χ0v) is 13.0. The molecule has 2 aromatic rings. The van der Waals surface area contributed by atoms with Gasteiger partial charge in [0.05, 0.1) is 12.3 Å². The number of amides is 3. The van der Waals surface area contributed by atoms with Gasteiger partial charge in [-0.3, -0.25) is 14.4 Å². The molecule has 0 spiro atoms. The van der Waals surface area contributed by atoms with E-state index in [2.05, 4.69) is 10.6 Å². The smallest absolute Gasteiger partial charge is 0.314 e. The Morgan fingerprint density at radius 2 is 1.58 bits per heavy atom. The third kappa shape index (κ3) is 4.33. The van der Waals surface area contributed by atoms with Crippen LogP contribution in [0.5, 0.6) is 5.75 Å². The van der Waals surface area contributed by atoms with Crippen molar-refractivity contribution in [3.8, 4) is 5.75 Å². The number of hydrogen-bond acceptors (Lipinski definition) is 4. The second-order valence-electron chi connectivity index (χ2n) is 4.78. The predicted molar refractivity (Wildman–Crippen MR) is 89.8 cm³/mol. The van der Waals surface area contributed by atoms with E-state index >= 15 is 0 Å². The lowest BCUT2D eigenvalue weighted by atomic mass is 10.2. The van der Waals surface area contributed by atoms with E-state index in [1.165, 1.54) is 24.3 Å². The highest BCUT2D eigenvalue weighted by Gasteiger charge is 2.16. The third-order valence-electron chi connectivity index (χ3n) is 3.07. The largest absolute Gasteiger partial charge is 0.492 e. The number of hydrogen-bond donors (Lipinski definition) is 3. The molecule has 2 rings (SSSR count). The molecule has 0 aliphatic carbocycles. The number of benzene rings is 2. The molecule has 4 N–H and O–H groups in total. The zero-order chi connectivity index (χ0) is 17.5. The van der Waals surface area contributed by atoms with Crippen LogP contribution in [0.3, 0.4) is 0 Å². The predicted octanol–water partition coefficient (Wildman–Crippen LogP) is 1.76. The second kappa shape index (κ2) is 7.77. The Kier molecular flexibility index (Phi) is 5.51. The van der Waals surface area contributed by atoms with Gasteiger partial charge in [-0.15, -0.1) is 0 Å². The maximum absolute atomic E-state index is 12.0. The highest BCUT2D eigenvalue weighted by molar-refractivity contribution is 6.43. The van der Waals surface area contributed by atoms with Crippen molar-refractivity contribution in [2.45, 2.75) is 6.92 Å². The number of primary amides is 1. The van der Waals surface area contributed by atoms with Gasteiger partial charge >= 0.3 is 11.8 Å². The third-order valence-corrected chi connectivity index (χ3v) is 3.07. The van der Waals surface area contributed by atoms with Crippen molar-refractivity contribution in [2.75, 3.05) is 17.2 Å². The molecule has 0 saturated carbocycles.